The van der Waals surface area contributed by atoms with E-state index in [1.54, 1.807) is 13.0 Å². The number of carbonyl (C=O) groups excluding carboxylic acids is 1. The number of hydrogen-bond donors (Lipinski definition) is 0. The molecule has 0 aromatic carbocycles. The Labute approximate surface area is 127 Å². The normalized spacial score (nSPS) is 18.7. The molecular weight excluding hydrogens is 295 g/mol. The van der Waals surface area contributed by atoms with Crippen LogP contribution < -0.4 is 0 Å². The SMILES string of the molecule is CCOC(=O)C1CCc2nc(C(C)(C)C(F)(F)F)ccc2C1. The van der Waals surface area contributed by atoms with Gasteiger partial charge >= 0.3 is 12.1 Å². The zero-order valence-electron chi connectivity index (χ0n) is 13.0. The Kier molecular flexibility index (Phi) is 4.49. The maximum atomic E-state index is 13.1. The van der Waals surface area contributed by atoms with Crippen molar-refractivity contribution in [2.75, 3.05) is 6.61 Å². The van der Waals surface area contributed by atoms with Crippen molar-refractivity contribution >= 4 is 5.97 Å². The van der Waals surface area contributed by atoms with E-state index in [0.717, 1.165) is 19.4 Å². The van der Waals surface area contributed by atoms with E-state index < -0.39 is 11.6 Å². The molecule has 0 fully saturated rings. The van der Waals surface area contributed by atoms with Crippen LogP contribution in [0, 0.1) is 5.92 Å². The minimum Gasteiger partial charge on any atom is -0.466 e. The molecule has 0 N–H and O–H groups in total. The summed E-state index contributed by atoms with van der Waals surface area (Å²) in [6.45, 7) is 4.35. The van der Waals surface area contributed by atoms with E-state index in [1.807, 2.05) is 0 Å². The predicted molar refractivity (Wildman–Crippen MR) is 75.5 cm³/mol. The predicted octanol–water partition coefficient (Wildman–Crippen LogP) is 3.59. The summed E-state index contributed by atoms with van der Waals surface area (Å²) >= 11 is 0. The van der Waals surface area contributed by atoms with Crippen LogP contribution in [0.1, 0.15) is 44.1 Å². The van der Waals surface area contributed by atoms with Crippen molar-refractivity contribution in [3.05, 3.63) is 29.1 Å². The average Bonchev–Trinajstić information content (AvgIpc) is 2.45. The molecule has 22 heavy (non-hydrogen) atoms. The number of pyridine rings is 1. The first-order valence-corrected chi connectivity index (χ1v) is 7.39. The third-order valence-electron chi connectivity index (χ3n) is 4.23. The molecule has 0 amide bonds. The number of esters is 1. The van der Waals surface area contributed by atoms with E-state index in [0.29, 0.717) is 31.6 Å². The number of halogens is 3. The van der Waals surface area contributed by atoms with Crippen molar-refractivity contribution in [1.82, 2.24) is 4.98 Å². The van der Waals surface area contributed by atoms with Crippen molar-refractivity contribution < 1.29 is 22.7 Å². The molecular formula is C16H20F3NO2. The molecule has 0 saturated carbocycles. The van der Waals surface area contributed by atoms with Gasteiger partial charge in [0.1, 0.15) is 5.41 Å². The second-order valence-corrected chi connectivity index (χ2v) is 6.12. The van der Waals surface area contributed by atoms with Gasteiger partial charge in [-0.25, -0.2) is 0 Å². The number of aryl methyl sites for hydroxylation is 1. The van der Waals surface area contributed by atoms with Crippen molar-refractivity contribution in [1.29, 1.82) is 0 Å². The Hall–Kier alpha value is -1.59. The summed E-state index contributed by atoms with van der Waals surface area (Å²) in [5, 5.41) is 0. The van der Waals surface area contributed by atoms with Crippen LogP contribution in [0.15, 0.2) is 12.1 Å². The highest BCUT2D eigenvalue weighted by Crippen LogP contribution is 2.40. The molecule has 0 aliphatic heterocycles. The third-order valence-corrected chi connectivity index (χ3v) is 4.23. The van der Waals surface area contributed by atoms with Crippen molar-refractivity contribution in [2.45, 2.75) is 51.6 Å². The van der Waals surface area contributed by atoms with Crippen LogP contribution in [-0.2, 0) is 27.8 Å². The molecule has 1 atom stereocenters. The highest BCUT2D eigenvalue weighted by molar-refractivity contribution is 5.73. The molecule has 0 spiro atoms. The molecule has 3 nitrogen and oxygen atoms in total. The number of carbonyl (C=O) groups is 1. The lowest BCUT2D eigenvalue weighted by Gasteiger charge is -2.29. The van der Waals surface area contributed by atoms with Crippen LogP contribution in [0.2, 0.25) is 0 Å². The average molecular weight is 315 g/mol. The molecule has 1 aliphatic carbocycles. The minimum atomic E-state index is -4.35. The molecule has 1 aromatic rings. The van der Waals surface area contributed by atoms with Gasteiger partial charge < -0.3 is 4.74 Å². The third kappa shape index (κ3) is 3.10. The Morgan fingerprint density at radius 3 is 2.64 bits per heavy atom. The van der Waals surface area contributed by atoms with Crippen LogP contribution in [0.25, 0.3) is 0 Å². The lowest BCUT2D eigenvalue weighted by molar-refractivity contribution is -0.181. The Morgan fingerprint density at radius 2 is 2.05 bits per heavy atom. The molecule has 1 aromatic heterocycles. The molecule has 1 unspecified atom stereocenters. The topological polar surface area (TPSA) is 39.2 Å². The van der Waals surface area contributed by atoms with Gasteiger partial charge in [-0.05, 0) is 51.7 Å². The van der Waals surface area contributed by atoms with E-state index in [9.17, 15) is 18.0 Å². The molecule has 2 rings (SSSR count). The Morgan fingerprint density at radius 1 is 1.36 bits per heavy atom. The maximum absolute atomic E-state index is 13.1. The molecule has 6 heteroatoms. The van der Waals surface area contributed by atoms with Gasteiger partial charge in [-0.1, -0.05) is 6.07 Å². The summed E-state index contributed by atoms with van der Waals surface area (Å²) in [7, 11) is 0. The summed E-state index contributed by atoms with van der Waals surface area (Å²) in [6.07, 6.45) is -2.81. The van der Waals surface area contributed by atoms with Crippen molar-refractivity contribution in [2.24, 2.45) is 5.92 Å². The number of rotatable bonds is 3. The molecule has 0 radical (unpaired) electrons. The smallest absolute Gasteiger partial charge is 0.399 e. The molecule has 1 heterocycles. The number of alkyl halides is 3. The highest BCUT2D eigenvalue weighted by atomic mass is 19.4. The van der Waals surface area contributed by atoms with Gasteiger partial charge in [-0.3, -0.25) is 9.78 Å². The molecule has 0 bridgehead atoms. The second-order valence-electron chi connectivity index (χ2n) is 6.12. The maximum Gasteiger partial charge on any atom is 0.399 e. The van der Waals surface area contributed by atoms with Crippen LogP contribution in [-0.4, -0.2) is 23.7 Å². The largest absolute Gasteiger partial charge is 0.466 e. The summed E-state index contributed by atoms with van der Waals surface area (Å²) in [5.74, 6) is -0.469. The summed E-state index contributed by atoms with van der Waals surface area (Å²) in [5.41, 5.74) is -0.463. The monoisotopic (exact) mass is 315 g/mol. The zero-order valence-corrected chi connectivity index (χ0v) is 13.0. The lowest BCUT2D eigenvalue weighted by Crippen LogP contribution is -2.37. The molecule has 0 saturated heterocycles. The quantitative estimate of drug-likeness (QED) is 0.800. The second kappa shape index (κ2) is 5.89. The van der Waals surface area contributed by atoms with E-state index in [1.165, 1.54) is 6.07 Å². The van der Waals surface area contributed by atoms with Gasteiger partial charge in [0.15, 0.2) is 0 Å². The Bertz CT molecular complexity index is 567. The van der Waals surface area contributed by atoms with Gasteiger partial charge in [-0.15, -0.1) is 0 Å². The Balaban J connectivity index is 2.23. The minimum absolute atomic E-state index is 0.0216. The van der Waals surface area contributed by atoms with Gasteiger partial charge in [0.05, 0.1) is 18.2 Å². The number of aromatic nitrogens is 1. The first-order valence-electron chi connectivity index (χ1n) is 7.39. The zero-order chi connectivity index (χ0) is 16.5. The van der Waals surface area contributed by atoms with Gasteiger partial charge in [0, 0.05) is 5.69 Å². The number of fused-ring (bicyclic) bond motifs is 1. The summed E-state index contributed by atoms with van der Waals surface area (Å²) in [4.78, 5) is 16.0. The fourth-order valence-electron chi connectivity index (χ4n) is 2.57. The van der Waals surface area contributed by atoms with E-state index >= 15 is 0 Å². The highest BCUT2D eigenvalue weighted by Gasteiger charge is 2.49. The van der Waals surface area contributed by atoms with E-state index in [2.05, 4.69) is 4.98 Å². The van der Waals surface area contributed by atoms with Gasteiger partial charge in [0.2, 0.25) is 0 Å². The van der Waals surface area contributed by atoms with Crippen LogP contribution in [0.3, 0.4) is 0 Å². The van der Waals surface area contributed by atoms with Crippen LogP contribution in [0.5, 0.6) is 0 Å². The fraction of sp³-hybridized carbons (Fsp3) is 0.625. The van der Waals surface area contributed by atoms with Gasteiger partial charge in [-0.2, -0.15) is 13.2 Å². The van der Waals surface area contributed by atoms with E-state index in [4.69, 9.17) is 4.74 Å². The number of hydrogen-bond acceptors (Lipinski definition) is 3. The fourth-order valence-corrected chi connectivity index (χ4v) is 2.57. The van der Waals surface area contributed by atoms with Gasteiger partial charge in [0.25, 0.3) is 0 Å². The van der Waals surface area contributed by atoms with Crippen LogP contribution in [0.4, 0.5) is 13.2 Å². The number of ether oxygens (including phenoxy) is 1. The standard InChI is InChI=1S/C16H20F3NO2/c1-4-22-14(21)11-5-7-12-10(9-11)6-8-13(20-12)15(2,3)16(17,18)19/h6,8,11H,4-5,7,9H2,1-3H3. The molecule has 1 aliphatic rings. The molecule has 122 valence electrons. The lowest BCUT2D eigenvalue weighted by atomic mass is 9.83. The van der Waals surface area contributed by atoms with Crippen molar-refractivity contribution in [3.8, 4) is 0 Å². The summed E-state index contributed by atoms with van der Waals surface area (Å²) in [6, 6.07) is 3.08. The van der Waals surface area contributed by atoms with Crippen LogP contribution >= 0.6 is 0 Å². The first kappa shape index (κ1) is 16.8. The number of nitrogens with zero attached hydrogens (tertiary/aromatic N) is 1. The summed E-state index contributed by atoms with van der Waals surface area (Å²) < 4.78 is 44.3. The first-order chi connectivity index (χ1) is 10.2. The van der Waals surface area contributed by atoms with E-state index in [-0.39, 0.29) is 17.6 Å². The van der Waals surface area contributed by atoms with Crippen molar-refractivity contribution in [3.63, 3.8) is 0 Å².